The second kappa shape index (κ2) is 9.30. The fourth-order valence-corrected chi connectivity index (χ4v) is 4.35. The van der Waals surface area contributed by atoms with Gasteiger partial charge in [0, 0.05) is 38.3 Å². The van der Waals surface area contributed by atoms with Crippen molar-refractivity contribution in [2.24, 2.45) is 0 Å². The lowest BCUT2D eigenvalue weighted by Crippen LogP contribution is -2.40. The van der Waals surface area contributed by atoms with E-state index in [1.807, 2.05) is 0 Å². The molecule has 0 radical (unpaired) electrons. The summed E-state index contributed by atoms with van der Waals surface area (Å²) in [7, 11) is -1.95. The van der Waals surface area contributed by atoms with Gasteiger partial charge in [-0.25, -0.2) is 12.8 Å². The summed E-state index contributed by atoms with van der Waals surface area (Å²) in [5.74, 6) is -0.633. The van der Waals surface area contributed by atoms with Crippen molar-refractivity contribution in [1.82, 2.24) is 9.21 Å². The quantitative estimate of drug-likeness (QED) is 0.676. The molecule has 1 saturated heterocycles. The average Bonchev–Trinajstić information content (AvgIpc) is 2.74. The summed E-state index contributed by atoms with van der Waals surface area (Å²) in [6.45, 7) is 1.62. The Labute approximate surface area is 170 Å². The summed E-state index contributed by atoms with van der Waals surface area (Å²) in [5, 5.41) is 0. The van der Waals surface area contributed by atoms with E-state index in [1.165, 1.54) is 33.5 Å². The van der Waals surface area contributed by atoms with E-state index >= 15 is 0 Å². The van der Waals surface area contributed by atoms with Gasteiger partial charge in [-0.15, -0.1) is 0 Å². The van der Waals surface area contributed by atoms with Gasteiger partial charge in [0.1, 0.15) is 5.82 Å². The minimum atomic E-state index is -3.54. The van der Waals surface area contributed by atoms with Gasteiger partial charge in [0.15, 0.2) is 0 Å². The zero-order valence-corrected chi connectivity index (χ0v) is 16.9. The molecule has 0 aliphatic carbocycles. The first-order chi connectivity index (χ1) is 13.9. The normalized spacial score (nSPS) is 15.5. The van der Waals surface area contributed by atoms with Crippen LogP contribution in [0.15, 0.2) is 59.5 Å². The number of sulfonamides is 1. The van der Waals surface area contributed by atoms with Crippen molar-refractivity contribution in [2.45, 2.75) is 11.4 Å². The monoisotopic (exact) mass is 418 g/mol. The number of nitrogens with zero attached hydrogens (tertiary/aromatic N) is 2. The molecule has 154 valence electrons. The lowest BCUT2D eigenvalue weighted by atomic mass is 10.2. The maximum Gasteiger partial charge on any atom is 0.246 e. The van der Waals surface area contributed by atoms with E-state index < -0.39 is 10.0 Å². The second-order valence-corrected chi connectivity index (χ2v) is 8.64. The number of likely N-dealkylation sites (N-methyl/N-ethyl adjacent to an activating group) is 1. The van der Waals surface area contributed by atoms with Crippen LogP contribution in [0.3, 0.4) is 0 Å². The van der Waals surface area contributed by atoms with E-state index in [1.54, 1.807) is 43.5 Å². The van der Waals surface area contributed by atoms with Gasteiger partial charge in [-0.05, 0) is 29.8 Å². The average molecular weight is 418 g/mol. The number of rotatable bonds is 6. The van der Waals surface area contributed by atoms with Crippen LogP contribution in [-0.2, 0) is 26.1 Å². The summed E-state index contributed by atoms with van der Waals surface area (Å²) >= 11 is 0. The van der Waals surface area contributed by atoms with Gasteiger partial charge in [-0.3, -0.25) is 4.79 Å². The van der Waals surface area contributed by atoms with Crippen LogP contribution in [0, 0.1) is 5.82 Å². The fourth-order valence-electron chi connectivity index (χ4n) is 2.94. The Hall–Kier alpha value is -2.55. The van der Waals surface area contributed by atoms with Gasteiger partial charge in [-0.2, -0.15) is 4.31 Å². The molecule has 1 amide bonds. The van der Waals surface area contributed by atoms with Crippen LogP contribution < -0.4 is 0 Å². The van der Waals surface area contributed by atoms with Crippen LogP contribution in [0.25, 0.3) is 6.08 Å². The lowest BCUT2D eigenvalue weighted by Gasteiger charge is -2.26. The van der Waals surface area contributed by atoms with Crippen molar-refractivity contribution in [3.63, 3.8) is 0 Å². The molecular weight excluding hydrogens is 395 g/mol. The molecule has 0 saturated carbocycles. The smallest absolute Gasteiger partial charge is 0.246 e. The molecule has 6 nitrogen and oxygen atoms in total. The van der Waals surface area contributed by atoms with Crippen molar-refractivity contribution >= 4 is 22.0 Å². The standard InChI is InChI=1S/C21H23FN2O4S/c1-23(16-18-4-2-3-5-20(18)22)21(25)11-8-17-6-9-19(10-7-17)29(26,27)24-12-14-28-15-13-24/h2-11H,12-16H2,1H3/b11-8+. The first kappa shape index (κ1) is 21.2. The lowest BCUT2D eigenvalue weighted by molar-refractivity contribution is -0.125. The number of hydrogen-bond acceptors (Lipinski definition) is 4. The van der Waals surface area contributed by atoms with E-state index in [0.29, 0.717) is 37.4 Å². The Morgan fingerprint density at radius 3 is 2.45 bits per heavy atom. The van der Waals surface area contributed by atoms with Crippen molar-refractivity contribution in [3.05, 3.63) is 71.6 Å². The first-order valence-electron chi connectivity index (χ1n) is 9.22. The summed E-state index contributed by atoms with van der Waals surface area (Å²) in [4.78, 5) is 13.9. The van der Waals surface area contributed by atoms with Crippen LogP contribution in [-0.4, -0.2) is 56.9 Å². The van der Waals surface area contributed by atoms with Crippen LogP contribution in [0.4, 0.5) is 4.39 Å². The Kier molecular flexibility index (Phi) is 6.79. The van der Waals surface area contributed by atoms with Crippen LogP contribution in [0.1, 0.15) is 11.1 Å². The molecule has 0 N–H and O–H groups in total. The van der Waals surface area contributed by atoms with Gasteiger partial charge in [-0.1, -0.05) is 30.3 Å². The maximum atomic E-state index is 13.7. The molecule has 0 aromatic heterocycles. The molecule has 29 heavy (non-hydrogen) atoms. The van der Waals surface area contributed by atoms with Gasteiger partial charge in [0.2, 0.25) is 15.9 Å². The number of morpholine rings is 1. The largest absolute Gasteiger partial charge is 0.379 e. The van der Waals surface area contributed by atoms with E-state index in [0.717, 1.165) is 0 Å². The van der Waals surface area contributed by atoms with E-state index in [9.17, 15) is 17.6 Å². The summed E-state index contributed by atoms with van der Waals surface area (Å²) in [6, 6.07) is 12.7. The predicted octanol–water partition coefficient (Wildman–Crippen LogP) is 2.52. The van der Waals surface area contributed by atoms with Crippen LogP contribution >= 0.6 is 0 Å². The van der Waals surface area contributed by atoms with Crippen molar-refractivity contribution < 1.29 is 22.3 Å². The molecule has 0 bridgehead atoms. The number of halogens is 1. The molecule has 8 heteroatoms. The summed E-state index contributed by atoms with van der Waals surface area (Å²) in [6.07, 6.45) is 2.98. The highest BCUT2D eigenvalue weighted by Crippen LogP contribution is 2.18. The SMILES string of the molecule is CN(Cc1ccccc1F)C(=O)/C=C/c1ccc(S(=O)(=O)N2CCOCC2)cc1. The van der Waals surface area contributed by atoms with Gasteiger partial charge >= 0.3 is 0 Å². The van der Waals surface area contributed by atoms with Crippen LogP contribution in [0.2, 0.25) is 0 Å². The van der Waals surface area contributed by atoms with Crippen LogP contribution in [0.5, 0.6) is 0 Å². The molecule has 1 heterocycles. The maximum absolute atomic E-state index is 13.7. The Morgan fingerprint density at radius 1 is 1.14 bits per heavy atom. The third kappa shape index (κ3) is 5.29. The molecule has 1 aliphatic rings. The summed E-state index contributed by atoms with van der Waals surface area (Å²) in [5.41, 5.74) is 1.13. The molecule has 0 atom stereocenters. The van der Waals surface area contributed by atoms with Crippen molar-refractivity contribution in [3.8, 4) is 0 Å². The zero-order chi connectivity index (χ0) is 20.9. The number of carbonyl (C=O) groups is 1. The number of carbonyl (C=O) groups excluding carboxylic acids is 1. The molecular formula is C21H23FN2O4S. The Bertz CT molecular complexity index is 984. The Balaban J connectivity index is 1.63. The molecule has 2 aromatic carbocycles. The van der Waals surface area contributed by atoms with Gasteiger partial charge in [0.25, 0.3) is 0 Å². The van der Waals surface area contributed by atoms with Crippen molar-refractivity contribution in [1.29, 1.82) is 0 Å². The number of hydrogen-bond donors (Lipinski definition) is 0. The van der Waals surface area contributed by atoms with Gasteiger partial charge in [0.05, 0.1) is 18.1 Å². The minimum Gasteiger partial charge on any atom is -0.379 e. The van der Waals surface area contributed by atoms with Crippen molar-refractivity contribution in [2.75, 3.05) is 33.4 Å². The molecule has 2 aromatic rings. The summed E-state index contributed by atoms with van der Waals surface area (Å²) < 4.78 is 45.6. The number of amides is 1. The van der Waals surface area contributed by atoms with E-state index in [4.69, 9.17) is 4.74 Å². The predicted molar refractivity (Wildman–Crippen MR) is 108 cm³/mol. The third-order valence-corrected chi connectivity index (χ3v) is 6.56. The fraction of sp³-hybridized carbons (Fsp3) is 0.286. The first-order valence-corrected chi connectivity index (χ1v) is 10.7. The van der Waals surface area contributed by atoms with E-state index in [2.05, 4.69) is 0 Å². The topological polar surface area (TPSA) is 66.9 Å². The minimum absolute atomic E-state index is 0.159. The second-order valence-electron chi connectivity index (χ2n) is 6.70. The molecule has 1 fully saturated rings. The Morgan fingerprint density at radius 2 is 1.79 bits per heavy atom. The van der Waals surface area contributed by atoms with E-state index in [-0.39, 0.29) is 23.2 Å². The zero-order valence-electron chi connectivity index (χ0n) is 16.1. The highest BCUT2D eigenvalue weighted by atomic mass is 32.2. The molecule has 3 rings (SSSR count). The van der Waals surface area contributed by atoms with Gasteiger partial charge < -0.3 is 9.64 Å². The molecule has 0 spiro atoms. The third-order valence-electron chi connectivity index (χ3n) is 4.65. The highest BCUT2D eigenvalue weighted by Gasteiger charge is 2.25. The molecule has 1 aliphatic heterocycles. The highest BCUT2D eigenvalue weighted by molar-refractivity contribution is 7.89. The molecule has 0 unspecified atom stereocenters. The number of ether oxygens (including phenoxy) is 1. The number of benzene rings is 2.